The first-order valence-corrected chi connectivity index (χ1v) is 9.47. The Morgan fingerprint density at radius 1 is 1.16 bits per heavy atom. The number of rotatable bonds is 6. The van der Waals surface area contributed by atoms with Gasteiger partial charge < -0.3 is 14.8 Å². The van der Waals surface area contributed by atoms with Crippen LogP contribution in [0.2, 0.25) is 0 Å². The number of benzene rings is 1. The van der Waals surface area contributed by atoms with Crippen LogP contribution in [0.1, 0.15) is 63.5 Å². The molecule has 0 bridgehead atoms. The Hall–Kier alpha value is -1.97. The van der Waals surface area contributed by atoms with E-state index in [1.807, 2.05) is 25.1 Å². The molecule has 0 aromatic heterocycles. The molecule has 25 heavy (non-hydrogen) atoms. The average molecular weight is 343 g/mol. The Bertz CT molecular complexity index is 620. The number of methoxy groups -OCH3 is 1. The minimum atomic E-state index is -0.0483. The predicted octanol–water partition coefficient (Wildman–Crippen LogP) is 4.55. The molecule has 136 valence electrons. The molecule has 2 aliphatic rings. The van der Waals surface area contributed by atoms with Crippen molar-refractivity contribution in [2.45, 2.75) is 64.0 Å². The van der Waals surface area contributed by atoms with Gasteiger partial charge in [-0.05, 0) is 69.6 Å². The fourth-order valence-corrected chi connectivity index (χ4v) is 3.68. The smallest absolute Gasteiger partial charge is 0.223 e. The molecule has 2 atom stereocenters. The van der Waals surface area contributed by atoms with E-state index in [1.165, 1.54) is 12.8 Å². The van der Waals surface area contributed by atoms with Gasteiger partial charge in [0.15, 0.2) is 11.5 Å². The average Bonchev–Trinajstić information content (AvgIpc) is 3.15. The van der Waals surface area contributed by atoms with Crippen LogP contribution in [0.3, 0.4) is 0 Å². The van der Waals surface area contributed by atoms with Crippen molar-refractivity contribution in [3.63, 3.8) is 0 Å². The molecule has 0 radical (unpaired) electrons. The van der Waals surface area contributed by atoms with Crippen molar-refractivity contribution in [2.75, 3.05) is 7.11 Å². The van der Waals surface area contributed by atoms with Gasteiger partial charge in [0.05, 0.1) is 19.3 Å². The van der Waals surface area contributed by atoms with Crippen LogP contribution in [0.4, 0.5) is 0 Å². The standard InChI is InChI=1S/C21H29NO3/c1-15(22-21(23)16-8-4-3-5-9-16)17-12-13-19(20(14-17)24-2)25-18-10-6-7-11-18/h3-4,12-16,18H,5-11H2,1-2H3,(H,22,23). The largest absolute Gasteiger partial charge is 0.493 e. The van der Waals surface area contributed by atoms with E-state index in [1.54, 1.807) is 7.11 Å². The first-order chi connectivity index (χ1) is 12.2. The highest BCUT2D eigenvalue weighted by atomic mass is 16.5. The number of allylic oxidation sites excluding steroid dienone is 2. The van der Waals surface area contributed by atoms with Gasteiger partial charge in [0.25, 0.3) is 0 Å². The number of amides is 1. The summed E-state index contributed by atoms with van der Waals surface area (Å²) in [7, 11) is 1.66. The summed E-state index contributed by atoms with van der Waals surface area (Å²) in [6.45, 7) is 2.02. The molecule has 1 aromatic carbocycles. The highest BCUT2D eigenvalue weighted by Crippen LogP contribution is 2.34. The molecular formula is C21H29NO3. The van der Waals surface area contributed by atoms with Gasteiger partial charge in [-0.2, -0.15) is 0 Å². The quantitative estimate of drug-likeness (QED) is 0.771. The number of hydrogen-bond donors (Lipinski definition) is 1. The maximum absolute atomic E-state index is 12.4. The van der Waals surface area contributed by atoms with Crippen molar-refractivity contribution < 1.29 is 14.3 Å². The Balaban J connectivity index is 1.64. The SMILES string of the molecule is COc1cc(C(C)NC(=O)C2CC=CCC2)ccc1OC1CCCC1. The van der Waals surface area contributed by atoms with E-state index < -0.39 is 0 Å². The zero-order valence-electron chi connectivity index (χ0n) is 15.3. The highest BCUT2D eigenvalue weighted by molar-refractivity contribution is 5.79. The van der Waals surface area contributed by atoms with Crippen molar-refractivity contribution in [3.8, 4) is 11.5 Å². The lowest BCUT2D eigenvalue weighted by Crippen LogP contribution is -2.33. The van der Waals surface area contributed by atoms with E-state index >= 15 is 0 Å². The lowest BCUT2D eigenvalue weighted by molar-refractivity contribution is -0.125. The van der Waals surface area contributed by atoms with E-state index in [0.717, 1.165) is 49.2 Å². The van der Waals surface area contributed by atoms with Crippen LogP contribution in [-0.2, 0) is 4.79 Å². The number of hydrogen-bond acceptors (Lipinski definition) is 3. The van der Waals surface area contributed by atoms with Crippen LogP contribution in [-0.4, -0.2) is 19.1 Å². The van der Waals surface area contributed by atoms with E-state index in [9.17, 15) is 4.79 Å². The molecule has 2 aliphatic carbocycles. The Morgan fingerprint density at radius 2 is 1.96 bits per heavy atom. The van der Waals surface area contributed by atoms with E-state index in [0.29, 0.717) is 6.10 Å². The summed E-state index contributed by atoms with van der Waals surface area (Å²) in [5.41, 5.74) is 1.04. The lowest BCUT2D eigenvalue weighted by Gasteiger charge is -2.22. The Morgan fingerprint density at radius 3 is 2.64 bits per heavy atom. The fraction of sp³-hybridized carbons (Fsp3) is 0.571. The fourth-order valence-electron chi connectivity index (χ4n) is 3.68. The molecule has 1 aromatic rings. The molecule has 1 saturated carbocycles. The summed E-state index contributed by atoms with van der Waals surface area (Å²) >= 11 is 0. The summed E-state index contributed by atoms with van der Waals surface area (Å²) in [6.07, 6.45) is 12.1. The third-order valence-electron chi connectivity index (χ3n) is 5.28. The maximum Gasteiger partial charge on any atom is 0.223 e. The van der Waals surface area contributed by atoms with Crippen molar-refractivity contribution in [1.29, 1.82) is 0 Å². The summed E-state index contributed by atoms with van der Waals surface area (Å²) < 4.78 is 11.6. The second-order valence-corrected chi connectivity index (χ2v) is 7.15. The van der Waals surface area contributed by atoms with E-state index in [-0.39, 0.29) is 17.9 Å². The lowest BCUT2D eigenvalue weighted by atomic mass is 9.93. The second kappa shape index (κ2) is 8.41. The van der Waals surface area contributed by atoms with Gasteiger partial charge in [0.2, 0.25) is 5.91 Å². The molecular weight excluding hydrogens is 314 g/mol. The second-order valence-electron chi connectivity index (χ2n) is 7.15. The summed E-state index contributed by atoms with van der Waals surface area (Å²) in [4.78, 5) is 12.4. The van der Waals surface area contributed by atoms with Gasteiger partial charge in [0.1, 0.15) is 0 Å². The zero-order chi connectivity index (χ0) is 17.6. The molecule has 1 N–H and O–H groups in total. The first-order valence-electron chi connectivity index (χ1n) is 9.47. The van der Waals surface area contributed by atoms with Crippen LogP contribution < -0.4 is 14.8 Å². The van der Waals surface area contributed by atoms with Gasteiger partial charge >= 0.3 is 0 Å². The molecule has 0 aliphatic heterocycles. The molecule has 1 amide bonds. The summed E-state index contributed by atoms with van der Waals surface area (Å²) in [5.74, 6) is 1.78. The monoisotopic (exact) mass is 343 g/mol. The number of carbonyl (C=O) groups excluding carboxylic acids is 1. The zero-order valence-corrected chi connectivity index (χ0v) is 15.3. The van der Waals surface area contributed by atoms with Crippen molar-refractivity contribution in [2.24, 2.45) is 5.92 Å². The predicted molar refractivity (Wildman–Crippen MR) is 98.9 cm³/mol. The minimum absolute atomic E-state index is 0.0483. The summed E-state index contributed by atoms with van der Waals surface area (Å²) in [6, 6.07) is 5.93. The Labute approximate surface area is 150 Å². The third-order valence-corrected chi connectivity index (χ3v) is 5.28. The molecule has 1 fully saturated rings. The molecule has 0 spiro atoms. The number of carbonyl (C=O) groups is 1. The van der Waals surface area contributed by atoms with Crippen molar-refractivity contribution in [3.05, 3.63) is 35.9 Å². The molecule has 3 rings (SSSR count). The van der Waals surface area contributed by atoms with Crippen molar-refractivity contribution >= 4 is 5.91 Å². The molecule has 4 nitrogen and oxygen atoms in total. The van der Waals surface area contributed by atoms with E-state index in [4.69, 9.17) is 9.47 Å². The third kappa shape index (κ3) is 4.56. The first kappa shape index (κ1) is 17.8. The molecule has 4 heteroatoms. The van der Waals surface area contributed by atoms with Gasteiger partial charge in [-0.3, -0.25) is 4.79 Å². The van der Waals surface area contributed by atoms with Crippen molar-refractivity contribution in [1.82, 2.24) is 5.32 Å². The topological polar surface area (TPSA) is 47.6 Å². The van der Waals surface area contributed by atoms with Gasteiger partial charge in [-0.15, -0.1) is 0 Å². The van der Waals surface area contributed by atoms with Crippen LogP contribution in [0.15, 0.2) is 30.4 Å². The number of ether oxygens (including phenoxy) is 2. The maximum atomic E-state index is 12.4. The Kier molecular flexibility index (Phi) is 6.00. The number of nitrogens with one attached hydrogen (secondary N) is 1. The van der Waals surface area contributed by atoms with Crippen LogP contribution >= 0.6 is 0 Å². The van der Waals surface area contributed by atoms with Crippen LogP contribution in [0.25, 0.3) is 0 Å². The van der Waals surface area contributed by atoms with Crippen LogP contribution in [0.5, 0.6) is 11.5 Å². The van der Waals surface area contributed by atoms with Gasteiger partial charge in [-0.1, -0.05) is 18.2 Å². The minimum Gasteiger partial charge on any atom is -0.493 e. The molecule has 0 saturated heterocycles. The highest BCUT2D eigenvalue weighted by Gasteiger charge is 2.22. The summed E-state index contributed by atoms with van der Waals surface area (Å²) in [5, 5.41) is 3.14. The van der Waals surface area contributed by atoms with Gasteiger partial charge in [-0.25, -0.2) is 0 Å². The van der Waals surface area contributed by atoms with E-state index in [2.05, 4.69) is 17.5 Å². The normalized spacial score (nSPS) is 21.8. The van der Waals surface area contributed by atoms with Gasteiger partial charge in [0, 0.05) is 5.92 Å². The molecule has 0 heterocycles. The van der Waals surface area contributed by atoms with Crippen LogP contribution in [0, 0.1) is 5.92 Å². The molecule has 2 unspecified atom stereocenters.